The third kappa shape index (κ3) is 7.01. The SMILES string of the molecule is CCn1c(SCC(=O)Nc2ccc(I)cc2C(C)C)nnc1[C@H](NC(=O)c1ccccc1Cl)C(C)C. The lowest BCUT2D eigenvalue weighted by Gasteiger charge is -2.22. The molecule has 0 radical (unpaired) electrons. The molecule has 0 bridgehead atoms. The molecule has 0 aliphatic rings. The van der Waals surface area contributed by atoms with Gasteiger partial charge in [0.25, 0.3) is 5.91 Å². The van der Waals surface area contributed by atoms with Gasteiger partial charge in [-0.1, -0.05) is 63.2 Å². The second-order valence-electron chi connectivity index (χ2n) is 8.98. The Morgan fingerprint density at radius 1 is 1.11 bits per heavy atom. The molecular weight excluding hydrogens is 609 g/mol. The normalized spacial score (nSPS) is 12.1. The molecule has 3 aromatic rings. The standard InChI is InChI=1S/C26H31ClIN5O2S/c1-6-33-24(23(16(4)5)30-25(35)18-9-7-8-10-20(18)27)31-32-26(33)36-14-22(34)29-21-12-11-17(28)13-19(21)15(2)3/h7-13,15-16,23H,6,14H2,1-5H3,(H,29,34)(H,30,35)/t23-/m1/s1. The largest absolute Gasteiger partial charge is 0.342 e. The molecule has 1 atom stereocenters. The van der Waals surface area contributed by atoms with Gasteiger partial charge in [0.2, 0.25) is 5.91 Å². The zero-order chi connectivity index (χ0) is 26.4. The molecule has 0 aliphatic heterocycles. The molecule has 10 heteroatoms. The van der Waals surface area contributed by atoms with Gasteiger partial charge in [0.1, 0.15) is 0 Å². The zero-order valence-electron chi connectivity index (χ0n) is 21.0. The molecule has 0 saturated carbocycles. The van der Waals surface area contributed by atoms with E-state index in [1.165, 1.54) is 11.8 Å². The van der Waals surface area contributed by atoms with Crippen molar-refractivity contribution in [3.05, 3.63) is 68.0 Å². The highest BCUT2D eigenvalue weighted by Crippen LogP contribution is 2.28. The monoisotopic (exact) mass is 639 g/mol. The molecule has 36 heavy (non-hydrogen) atoms. The fourth-order valence-electron chi connectivity index (χ4n) is 3.77. The van der Waals surface area contributed by atoms with E-state index >= 15 is 0 Å². The molecule has 0 aliphatic carbocycles. The Balaban J connectivity index is 1.73. The van der Waals surface area contributed by atoms with Crippen molar-refractivity contribution in [1.29, 1.82) is 0 Å². The van der Waals surface area contributed by atoms with Crippen LogP contribution in [0.25, 0.3) is 0 Å². The minimum atomic E-state index is -0.371. The summed E-state index contributed by atoms with van der Waals surface area (Å²) in [4.78, 5) is 25.7. The highest BCUT2D eigenvalue weighted by molar-refractivity contribution is 14.1. The van der Waals surface area contributed by atoms with Crippen molar-refractivity contribution in [2.45, 2.75) is 58.3 Å². The summed E-state index contributed by atoms with van der Waals surface area (Å²) in [5, 5.41) is 15.9. The zero-order valence-corrected chi connectivity index (χ0v) is 24.7. The van der Waals surface area contributed by atoms with E-state index < -0.39 is 0 Å². The third-order valence-corrected chi connectivity index (χ3v) is 7.62. The van der Waals surface area contributed by atoms with Crippen LogP contribution >= 0.6 is 46.0 Å². The molecule has 0 saturated heterocycles. The summed E-state index contributed by atoms with van der Waals surface area (Å²) in [5.74, 6) is 0.819. The average Bonchev–Trinajstić information content (AvgIpc) is 3.24. The minimum Gasteiger partial charge on any atom is -0.342 e. The molecule has 2 aromatic carbocycles. The number of halogens is 2. The van der Waals surface area contributed by atoms with E-state index in [1.807, 2.05) is 37.5 Å². The maximum absolute atomic E-state index is 12.9. The molecule has 192 valence electrons. The van der Waals surface area contributed by atoms with Crippen LogP contribution in [0.15, 0.2) is 47.6 Å². The Labute approximate surface area is 235 Å². The Morgan fingerprint density at radius 2 is 1.83 bits per heavy atom. The number of thioether (sulfide) groups is 1. The molecule has 7 nitrogen and oxygen atoms in total. The molecule has 0 fully saturated rings. The summed E-state index contributed by atoms with van der Waals surface area (Å²) in [5.41, 5.74) is 2.35. The molecule has 2 N–H and O–H groups in total. The van der Waals surface area contributed by atoms with Crippen molar-refractivity contribution in [3.63, 3.8) is 0 Å². The van der Waals surface area contributed by atoms with Gasteiger partial charge in [-0.25, -0.2) is 0 Å². The Morgan fingerprint density at radius 3 is 2.47 bits per heavy atom. The van der Waals surface area contributed by atoms with E-state index in [1.54, 1.807) is 24.3 Å². The summed E-state index contributed by atoms with van der Waals surface area (Å²) >= 11 is 9.82. The Hall–Kier alpha value is -2.11. The number of carbonyl (C=O) groups excluding carboxylic acids is 2. The highest BCUT2D eigenvalue weighted by Gasteiger charge is 2.27. The molecule has 3 rings (SSSR count). The number of anilines is 1. The molecule has 2 amide bonds. The number of nitrogens with zero attached hydrogens (tertiary/aromatic N) is 3. The van der Waals surface area contributed by atoms with Crippen molar-refractivity contribution in [1.82, 2.24) is 20.1 Å². The van der Waals surface area contributed by atoms with E-state index in [0.717, 1.165) is 14.8 Å². The van der Waals surface area contributed by atoms with E-state index in [-0.39, 0.29) is 29.5 Å². The summed E-state index contributed by atoms with van der Waals surface area (Å²) in [6, 6.07) is 12.6. The van der Waals surface area contributed by atoms with Gasteiger partial charge in [-0.15, -0.1) is 10.2 Å². The summed E-state index contributed by atoms with van der Waals surface area (Å²) < 4.78 is 3.08. The van der Waals surface area contributed by atoms with Crippen LogP contribution in [-0.4, -0.2) is 32.3 Å². The second kappa shape index (κ2) is 12.9. The van der Waals surface area contributed by atoms with Crippen molar-refractivity contribution < 1.29 is 9.59 Å². The Kier molecular flexibility index (Phi) is 10.2. The second-order valence-corrected chi connectivity index (χ2v) is 11.6. The first-order valence-corrected chi connectivity index (χ1v) is 14.3. The van der Waals surface area contributed by atoms with E-state index in [2.05, 4.69) is 63.3 Å². The van der Waals surface area contributed by atoms with E-state index in [9.17, 15) is 9.59 Å². The van der Waals surface area contributed by atoms with Crippen LogP contribution in [0.3, 0.4) is 0 Å². The van der Waals surface area contributed by atoms with E-state index in [4.69, 9.17) is 11.6 Å². The van der Waals surface area contributed by atoms with Gasteiger partial charge >= 0.3 is 0 Å². The van der Waals surface area contributed by atoms with Crippen molar-refractivity contribution in [2.24, 2.45) is 5.92 Å². The predicted octanol–water partition coefficient (Wildman–Crippen LogP) is 6.54. The van der Waals surface area contributed by atoms with Crippen LogP contribution in [-0.2, 0) is 11.3 Å². The average molecular weight is 640 g/mol. The fraction of sp³-hybridized carbons (Fsp3) is 0.385. The molecule has 1 aromatic heterocycles. The van der Waals surface area contributed by atoms with Crippen LogP contribution in [0.1, 0.15) is 68.3 Å². The number of hydrogen-bond donors (Lipinski definition) is 2. The summed E-state index contributed by atoms with van der Waals surface area (Å²) in [6.07, 6.45) is 0. The number of amides is 2. The summed E-state index contributed by atoms with van der Waals surface area (Å²) in [7, 11) is 0. The van der Waals surface area contributed by atoms with Crippen LogP contribution in [0.2, 0.25) is 5.02 Å². The van der Waals surface area contributed by atoms with Crippen LogP contribution in [0, 0.1) is 9.49 Å². The van der Waals surface area contributed by atoms with Gasteiger partial charge in [0.15, 0.2) is 11.0 Å². The van der Waals surface area contributed by atoms with Crippen molar-refractivity contribution in [2.75, 3.05) is 11.1 Å². The molecule has 0 unspecified atom stereocenters. The first-order chi connectivity index (χ1) is 17.1. The number of aromatic nitrogens is 3. The maximum atomic E-state index is 12.9. The number of rotatable bonds is 10. The van der Waals surface area contributed by atoms with Gasteiger partial charge in [-0.3, -0.25) is 9.59 Å². The van der Waals surface area contributed by atoms with Crippen LogP contribution in [0.4, 0.5) is 5.69 Å². The third-order valence-electron chi connectivity index (χ3n) is 5.65. The summed E-state index contributed by atoms with van der Waals surface area (Å²) in [6.45, 7) is 10.8. The van der Waals surface area contributed by atoms with Crippen molar-refractivity contribution >= 4 is 63.5 Å². The lowest BCUT2D eigenvalue weighted by Crippen LogP contribution is -2.34. The van der Waals surface area contributed by atoms with Crippen LogP contribution in [0.5, 0.6) is 0 Å². The molecular formula is C26H31ClIN5O2S. The lowest BCUT2D eigenvalue weighted by atomic mass is 10.0. The van der Waals surface area contributed by atoms with Gasteiger partial charge in [0.05, 0.1) is 22.4 Å². The number of benzene rings is 2. The van der Waals surface area contributed by atoms with Gasteiger partial charge in [-0.05, 0) is 77.2 Å². The first-order valence-electron chi connectivity index (χ1n) is 11.8. The quantitative estimate of drug-likeness (QED) is 0.194. The Bertz CT molecular complexity index is 1230. The molecule has 1 heterocycles. The van der Waals surface area contributed by atoms with Gasteiger partial charge in [0, 0.05) is 15.8 Å². The molecule has 0 spiro atoms. The smallest absolute Gasteiger partial charge is 0.253 e. The van der Waals surface area contributed by atoms with E-state index in [0.29, 0.717) is 34.0 Å². The first kappa shape index (κ1) is 28.5. The van der Waals surface area contributed by atoms with Gasteiger partial charge in [-0.2, -0.15) is 0 Å². The predicted molar refractivity (Wildman–Crippen MR) is 155 cm³/mol. The lowest BCUT2D eigenvalue weighted by molar-refractivity contribution is -0.113. The number of nitrogens with one attached hydrogen (secondary N) is 2. The topological polar surface area (TPSA) is 88.9 Å². The minimum absolute atomic E-state index is 0.0578. The van der Waals surface area contributed by atoms with Crippen LogP contribution < -0.4 is 10.6 Å². The van der Waals surface area contributed by atoms with Gasteiger partial charge < -0.3 is 15.2 Å². The maximum Gasteiger partial charge on any atom is 0.253 e. The number of hydrogen-bond acceptors (Lipinski definition) is 5. The highest BCUT2D eigenvalue weighted by atomic mass is 127. The fourth-order valence-corrected chi connectivity index (χ4v) is 5.32. The van der Waals surface area contributed by atoms with Crippen molar-refractivity contribution in [3.8, 4) is 0 Å². The number of carbonyl (C=O) groups is 2.